The average molecular weight is 289 g/mol. The Balaban J connectivity index is 2.94. The van der Waals surface area contributed by atoms with Gasteiger partial charge in [-0.2, -0.15) is 0 Å². The minimum Gasteiger partial charge on any atom is -0.436 e. The van der Waals surface area contributed by atoms with Crippen LogP contribution in [0.2, 0.25) is 0 Å². The van der Waals surface area contributed by atoms with Gasteiger partial charge in [-0.1, -0.05) is 15.9 Å². The smallest absolute Gasteiger partial charge is 0.291 e. The number of amides is 1. The van der Waals surface area contributed by atoms with Crippen molar-refractivity contribution in [3.63, 3.8) is 0 Å². The second-order valence-corrected chi connectivity index (χ2v) is 4.72. The lowest BCUT2D eigenvalue weighted by atomic mass is 10.2. The van der Waals surface area contributed by atoms with Gasteiger partial charge in [0.25, 0.3) is 5.91 Å². The van der Waals surface area contributed by atoms with Crippen LogP contribution in [0.4, 0.5) is 0 Å². The van der Waals surface area contributed by atoms with Gasteiger partial charge in [0.05, 0.1) is 5.69 Å². The third-order valence-electron chi connectivity index (χ3n) is 2.31. The molecular weight excluding hydrogens is 272 g/mol. The second-order valence-electron chi connectivity index (χ2n) is 3.93. The van der Waals surface area contributed by atoms with Crippen molar-refractivity contribution < 1.29 is 9.21 Å². The van der Waals surface area contributed by atoms with Crippen LogP contribution in [-0.4, -0.2) is 33.7 Å². The van der Waals surface area contributed by atoms with Crippen molar-refractivity contribution in [3.8, 4) is 0 Å². The first-order chi connectivity index (χ1) is 7.47. The van der Waals surface area contributed by atoms with E-state index in [2.05, 4.69) is 20.9 Å². The first-order valence-corrected chi connectivity index (χ1v) is 6.40. The Morgan fingerprint density at radius 3 is 2.50 bits per heavy atom. The highest BCUT2D eigenvalue weighted by Crippen LogP contribution is 2.14. The van der Waals surface area contributed by atoms with Gasteiger partial charge in [0.2, 0.25) is 5.76 Å². The number of oxazole rings is 1. The molecule has 90 valence electrons. The fourth-order valence-corrected chi connectivity index (χ4v) is 1.93. The highest BCUT2D eigenvalue weighted by atomic mass is 79.9. The molecule has 1 aromatic heterocycles. The van der Waals surface area contributed by atoms with E-state index in [1.54, 1.807) is 18.7 Å². The van der Waals surface area contributed by atoms with Gasteiger partial charge in [-0.15, -0.1) is 0 Å². The molecule has 0 aliphatic heterocycles. The Kier molecular flexibility index (Phi) is 4.53. The fraction of sp³-hybridized carbons (Fsp3) is 0.636. The average Bonchev–Trinajstić information content (AvgIpc) is 2.53. The highest BCUT2D eigenvalue weighted by molar-refractivity contribution is 9.09. The normalized spacial score (nSPS) is 10.9. The van der Waals surface area contributed by atoms with Gasteiger partial charge in [-0.25, -0.2) is 4.98 Å². The molecule has 0 N–H and O–H groups in total. The molecule has 0 bridgehead atoms. The number of rotatable bonds is 4. The fourth-order valence-electron chi connectivity index (χ4n) is 1.55. The van der Waals surface area contributed by atoms with Crippen LogP contribution in [0.15, 0.2) is 4.42 Å². The Morgan fingerprint density at radius 1 is 1.50 bits per heavy atom. The minimum atomic E-state index is -0.0902. The molecular formula is C11H17BrN2O2. The van der Waals surface area contributed by atoms with E-state index in [0.717, 1.165) is 5.33 Å². The van der Waals surface area contributed by atoms with E-state index in [-0.39, 0.29) is 11.9 Å². The molecule has 0 saturated carbocycles. The zero-order chi connectivity index (χ0) is 12.3. The Bertz CT molecular complexity index is 374. The van der Waals surface area contributed by atoms with Gasteiger partial charge < -0.3 is 9.32 Å². The Morgan fingerprint density at radius 2 is 2.12 bits per heavy atom. The topological polar surface area (TPSA) is 46.3 Å². The van der Waals surface area contributed by atoms with Crippen LogP contribution in [0.5, 0.6) is 0 Å². The summed E-state index contributed by atoms with van der Waals surface area (Å²) in [7, 11) is 0. The summed E-state index contributed by atoms with van der Waals surface area (Å²) in [4.78, 5) is 18.1. The van der Waals surface area contributed by atoms with E-state index in [1.807, 2.05) is 13.8 Å². The van der Waals surface area contributed by atoms with Crippen molar-refractivity contribution in [2.75, 3.05) is 11.9 Å². The predicted octanol–water partition coefficient (Wildman–Crippen LogP) is 2.54. The van der Waals surface area contributed by atoms with Crippen LogP contribution < -0.4 is 0 Å². The van der Waals surface area contributed by atoms with E-state index < -0.39 is 0 Å². The van der Waals surface area contributed by atoms with E-state index in [0.29, 0.717) is 23.9 Å². The molecule has 0 unspecified atom stereocenters. The summed E-state index contributed by atoms with van der Waals surface area (Å²) < 4.78 is 5.34. The maximum absolute atomic E-state index is 12.2. The van der Waals surface area contributed by atoms with Crippen molar-refractivity contribution in [2.24, 2.45) is 0 Å². The van der Waals surface area contributed by atoms with E-state index in [4.69, 9.17) is 4.42 Å². The van der Waals surface area contributed by atoms with E-state index in [9.17, 15) is 4.79 Å². The number of hydrogen-bond donors (Lipinski definition) is 0. The van der Waals surface area contributed by atoms with Crippen molar-refractivity contribution in [3.05, 3.63) is 17.3 Å². The molecule has 5 heteroatoms. The standard InChI is InChI=1S/C11H17BrN2O2/c1-7(2)14(6-5-12)11(15)10-8(3)13-9(4)16-10/h7H,5-6H2,1-4H3. The van der Waals surface area contributed by atoms with Crippen molar-refractivity contribution in [2.45, 2.75) is 33.7 Å². The Hall–Kier alpha value is -0.840. The molecule has 4 nitrogen and oxygen atoms in total. The lowest BCUT2D eigenvalue weighted by molar-refractivity contribution is 0.0684. The van der Waals surface area contributed by atoms with E-state index in [1.165, 1.54) is 0 Å². The number of carbonyl (C=O) groups excluding carboxylic acids is 1. The van der Waals surface area contributed by atoms with Gasteiger partial charge >= 0.3 is 0 Å². The molecule has 1 aromatic rings. The third-order valence-corrected chi connectivity index (χ3v) is 2.66. The number of nitrogens with zero attached hydrogens (tertiary/aromatic N) is 2. The van der Waals surface area contributed by atoms with Gasteiger partial charge in [0.15, 0.2) is 5.89 Å². The SMILES string of the molecule is Cc1nc(C)c(C(=O)N(CCBr)C(C)C)o1. The molecule has 0 fully saturated rings. The number of halogens is 1. The molecule has 0 aliphatic rings. The first-order valence-electron chi connectivity index (χ1n) is 5.28. The molecule has 0 radical (unpaired) electrons. The molecule has 0 spiro atoms. The van der Waals surface area contributed by atoms with E-state index >= 15 is 0 Å². The molecule has 0 aromatic carbocycles. The predicted molar refractivity (Wildman–Crippen MR) is 65.9 cm³/mol. The van der Waals surface area contributed by atoms with Gasteiger partial charge in [0, 0.05) is 24.8 Å². The maximum Gasteiger partial charge on any atom is 0.291 e. The van der Waals surface area contributed by atoms with Crippen molar-refractivity contribution in [1.29, 1.82) is 0 Å². The van der Waals surface area contributed by atoms with Crippen LogP contribution in [0.1, 0.15) is 36.0 Å². The number of carbonyl (C=O) groups is 1. The quantitative estimate of drug-likeness (QED) is 0.800. The van der Waals surface area contributed by atoms with Crippen LogP contribution >= 0.6 is 15.9 Å². The minimum absolute atomic E-state index is 0.0902. The van der Waals surface area contributed by atoms with Crippen LogP contribution in [0.3, 0.4) is 0 Å². The molecule has 1 heterocycles. The number of aryl methyl sites for hydroxylation is 2. The van der Waals surface area contributed by atoms with Gasteiger partial charge in [0.1, 0.15) is 0 Å². The first kappa shape index (κ1) is 13.2. The lowest BCUT2D eigenvalue weighted by Gasteiger charge is -2.24. The van der Waals surface area contributed by atoms with Crippen LogP contribution in [0.25, 0.3) is 0 Å². The molecule has 0 aliphatic carbocycles. The second kappa shape index (κ2) is 5.48. The van der Waals surface area contributed by atoms with Crippen molar-refractivity contribution >= 4 is 21.8 Å². The summed E-state index contributed by atoms with van der Waals surface area (Å²) in [6.07, 6.45) is 0. The zero-order valence-electron chi connectivity index (χ0n) is 10.1. The summed E-state index contributed by atoms with van der Waals surface area (Å²) >= 11 is 3.34. The highest BCUT2D eigenvalue weighted by Gasteiger charge is 2.23. The Labute approximate surface area is 104 Å². The zero-order valence-corrected chi connectivity index (χ0v) is 11.7. The van der Waals surface area contributed by atoms with Crippen LogP contribution in [0, 0.1) is 13.8 Å². The summed E-state index contributed by atoms with van der Waals surface area (Å²) in [5.41, 5.74) is 0.655. The lowest BCUT2D eigenvalue weighted by Crippen LogP contribution is -2.38. The number of hydrogen-bond acceptors (Lipinski definition) is 3. The van der Waals surface area contributed by atoms with Crippen molar-refractivity contribution in [1.82, 2.24) is 9.88 Å². The van der Waals surface area contributed by atoms with Gasteiger partial charge in [-0.05, 0) is 20.8 Å². The molecule has 0 atom stereocenters. The maximum atomic E-state index is 12.2. The number of alkyl halides is 1. The van der Waals surface area contributed by atoms with Crippen LogP contribution in [-0.2, 0) is 0 Å². The summed E-state index contributed by atoms with van der Waals surface area (Å²) in [5.74, 6) is 0.795. The van der Waals surface area contributed by atoms with Gasteiger partial charge in [-0.3, -0.25) is 4.79 Å². The number of aromatic nitrogens is 1. The third kappa shape index (κ3) is 2.84. The summed E-state index contributed by atoms with van der Waals surface area (Å²) in [6, 6.07) is 0.148. The molecule has 1 rings (SSSR count). The molecule has 1 amide bonds. The summed E-state index contributed by atoms with van der Waals surface area (Å²) in [5, 5.41) is 0.753. The monoisotopic (exact) mass is 288 g/mol. The molecule has 16 heavy (non-hydrogen) atoms. The largest absolute Gasteiger partial charge is 0.436 e. The molecule has 0 saturated heterocycles. The summed E-state index contributed by atoms with van der Waals surface area (Å²) in [6.45, 7) is 8.16.